The molecule has 0 spiro atoms. The summed E-state index contributed by atoms with van der Waals surface area (Å²) >= 11 is 0. The quantitative estimate of drug-likeness (QED) is 0.561. The zero-order valence-electron chi connectivity index (χ0n) is 8.03. The van der Waals surface area contributed by atoms with Gasteiger partial charge in [-0.2, -0.15) is 0 Å². The van der Waals surface area contributed by atoms with Crippen molar-refractivity contribution >= 4 is 5.97 Å². The van der Waals surface area contributed by atoms with Crippen LogP contribution >= 0.6 is 0 Å². The summed E-state index contributed by atoms with van der Waals surface area (Å²) in [4.78, 5) is 10.3. The molecule has 5 nitrogen and oxygen atoms in total. The molecule has 0 aliphatic carbocycles. The Labute approximate surface area is 77.8 Å². The minimum absolute atomic E-state index is 0.263. The summed E-state index contributed by atoms with van der Waals surface area (Å²) in [7, 11) is 3.09. The minimum Gasteiger partial charge on any atom is -0.480 e. The van der Waals surface area contributed by atoms with E-state index in [1.165, 1.54) is 0 Å². The fourth-order valence-electron chi connectivity index (χ4n) is 0.960. The van der Waals surface area contributed by atoms with Crippen molar-refractivity contribution < 1.29 is 19.4 Å². The maximum absolute atomic E-state index is 10.3. The summed E-state index contributed by atoms with van der Waals surface area (Å²) in [6.45, 7) is 0. The van der Waals surface area contributed by atoms with E-state index in [0.29, 0.717) is 19.3 Å². The van der Waals surface area contributed by atoms with Crippen LogP contribution in [0.4, 0.5) is 0 Å². The first-order chi connectivity index (χ1) is 6.11. The first-order valence-electron chi connectivity index (χ1n) is 4.15. The molecule has 13 heavy (non-hydrogen) atoms. The lowest BCUT2D eigenvalue weighted by Crippen LogP contribution is -2.30. The topological polar surface area (TPSA) is 81.8 Å². The number of hydrogen-bond acceptors (Lipinski definition) is 4. The molecule has 1 atom stereocenters. The second-order valence-corrected chi connectivity index (χ2v) is 2.78. The standard InChI is InChI=1S/C8H17NO4/c1-12-7(13-2)5-3-4-6(9)8(10)11/h6-7H,3-5,9H2,1-2H3,(H,10,11). The molecule has 0 aromatic heterocycles. The second kappa shape index (κ2) is 6.82. The summed E-state index contributed by atoms with van der Waals surface area (Å²) in [5.74, 6) is -0.966. The van der Waals surface area contributed by atoms with Gasteiger partial charge in [0, 0.05) is 14.2 Å². The average molecular weight is 191 g/mol. The Balaban J connectivity index is 3.48. The Morgan fingerprint density at radius 1 is 1.38 bits per heavy atom. The fraction of sp³-hybridized carbons (Fsp3) is 0.875. The number of ether oxygens (including phenoxy) is 2. The van der Waals surface area contributed by atoms with Crippen molar-refractivity contribution in [3.8, 4) is 0 Å². The van der Waals surface area contributed by atoms with E-state index in [0.717, 1.165) is 0 Å². The number of methoxy groups -OCH3 is 2. The molecule has 0 bridgehead atoms. The molecule has 3 N–H and O–H groups in total. The number of carbonyl (C=O) groups is 1. The summed E-state index contributed by atoms with van der Waals surface area (Å²) in [6, 6.07) is -0.783. The van der Waals surface area contributed by atoms with Crippen LogP contribution < -0.4 is 5.73 Å². The van der Waals surface area contributed by atoms with Crippen molar-refractivity contribution in [1.29, 1.82) is 0 Å². The third kappa shape index (κ3) is 5.57. The van der Waals surface area contributed by atoms with Crippen molar-refractivity contribution in [2.24, 2.45) is 5.73 Å². The van der Waals surface area contributed by atoms with Gasteiger partial charge < -0.3 is 20.3 Å². The van der Waals surface area contributed by atoms with Gasteiger partial charge in [0.25, 0.3) is 0 Å². The minimum atomic E-state index is -0.966. The summed E-state index contributed by atoms with van der Waals surface area (Å²) in [6.07, 6.45) is 1.52. The largest absolute Gasteiger partial charge is 0.480 e. The van der Waals surface area contributed by atoms with Crippen molar-refractivity contribution in [1.82, 2.24) is 0 Å². The summed E-state index contributed by atoms with van der Waals surface area (Å²) < 4.78 is 9.86. The Kier molecular flexibility index (Phi) is 6.48. The molecule has 0 saturated heterocycles. The molecule has 5 heteroatoms. The molecule has 0 rings (SSSR count). The molecule has 1 unspecified atom stereocenters. The average Bonchev–Trinajstić information content (AvgIpc) is 2.12. The van der Waals surface area contributed by atoms with Gasteiger partial charge in [0.15, 0.2) is 6.29 Å². The van der Waals surface area contributed by atoms with Gasteiger partial charge in [-0.3, -0.25) is 4.79 Å². The number of hydrogen-bond donors (Lipinski definition) is 2. The number of rotatable bonds is 7. The highest BCUT2D eigenvalue weighted by atomic mass is 16.7. The molecule has 78 valence electrons. The van der Waals surface area contributed by atoms with Crippen LogP contribution in [-0.4, -0.2) is 37.6 Å². The third-order valence-corrected chi connectivity index (χ3v) is 1.80. The lowest BCUT2D eigenvalue weighted by atomic mass is 10.1. The second-order valence-electron chi connectivity index (χ2n) is 2.78. The maximum atomic E-state index is 10.3. The Morgan fingerprint density at radius 2 is 1.92 bits per heavy atom. The predicted molar refractivity (Wildman–Crippen MR) is 47.3 cm³/mol. The molecular formula is C8H17NO4. The highest BCUT2D eigenvalue weighted by molar-refractivity contribution is 5.72. The van der Waals surface area contributed by atoms with Gasteiger partial charge in [-0.25, -0.2) is 0 Å². The van der Waals surface area contributed by atoms with Gasteiger partial charge in [0.05, 0.1) is 0 Å². The summed E-state index contributed by atoms with van der Waals surface area (Å²) in [5, 5.41) is 8.47. The van der Waals surface area contributed by atoms with Crippen LogP contribution in [0.1, 0.15) is 19.3 Å². The van der Waals surface area contributed by atoms with Crippen LogP contribution in [-0.2, 0) is 14.3 Å². The van der Waals surface area contributed by atoms with Crippen LogP contribution in [0.5, 0.6) is 0 Å². The van der Waals surface area contributed by atoms with E-state index in [2.05, 4.69) is 0 Å². The van der Waals surface area contributed by atoms with Gasteiger partial charge in [-0.1, -0.05) is 0 Å². The monoisotopic (exact) mass is 191 g/mol. The molecule has 0 fully saturated rings. The molecule has 0 radical (unpaired) electrons. The normalized spacial score (nSPS) is 13.2. The Morgan fingerprint density at radius 3 is 2.31 bits per heavy atom. The Hall–Kier alpha value is -0.650. The third-order valence-electron chi connectivity index (χ3n) is 1.80. The molecule has 0 amide bonds. The number of aliphatic carboxylic acids is 1. The van der Waals surface area contributed by atoms with Crippen molar-refractivity contribution in [2.75, 3.05) is 14.2 Å². The van der Waals surface area contributed by atoms with Gasteiger partial charge in [0.2, 0.25) is 0 Å². The molecule has 0 heterocycles. The first-order valence-corrected chi connectivity index (χ1v) is 4.15. The molecule has 0 saturated carbocycles. The van der Waals surface area contributed by atoms with E-state index in [1.54, 1.807) is 14.2 Å². The van der Waals surface area contributed by atoms with Crippen LogP contribution in [0.3, 0.4) is 0 Å². The Bertz CT molecular complexity index is 147. The van der Waals surface area contributed by atoms with E-state index in [9.17, 15) is 4.79 Å². The smallest absolute Gasteiger partial charge is 0.320 e. The molecule has 0 aliphatic heterocycles. The number of carboxylic acid groups (broad SMARTS) is 1. The van der Waals surface area contributed by atoms with Crippen molar-refractivity contribution in [3.63, 3.8) is 0 Å². The van der Waals surface area contributed by atoms with Gasteiger partial charge in [-0.05, 0) is 19.3 Å². The zero-order chi connectivity index (χ0) is 10.3. The SMILES string of the molecule is COC(CCCC(N)C(=O)O)OC. The first kappa shape index (κ1) is 12.3. The van der Waals surface area contributed by atoms with Crippen LogP contribution in [0.15, 0.2) is 0 Å². The molecule has 0 aromatic rings. The van der Waals surface area contributed by atoms with Crippen molar-refractivity contribution in [2.45, 2.75) is 31.6 Å². The lowest BCUT2D eigenvalue weighted by Gasteiger charge is -2.13. The van der Waals surface area contributed by atoms with Gasteiger partial charge >= 0.3 is 5.97 Å². The van der Waals surface area contributed by atoms with E-state index in [1.807, 2.05) is 0 Å². The van der Waals surface area contributed by atoms with E-state index in [4.69, 9.17) is 20.3 Å². The highest BCUT2D eigenvalue weighted by Crippen LogP contribution is 2.06. The van der Waals surface area contributed by atoms with Crippen molar-refractivity contribution in [3.05, 3.63) is 0 Å². The summed E-state index contributed by atoms with van der Waals surface area (Å²) in [5.41, 5.74) is 5.30. The van der Waals surface area contributed by atoms with Crippen LogP contribution in [0.25, 0.3) is 0 Å². The van der Waals surface area contributed by atoms with E-state index >= 15 is 0 Å². The fourth-order valence-corrected chi connectivity index (χ4v) is 0.960. The lowest BCUT2D eigenvalue weighted by molar-refractivity contribution is -0.139. The maximum Gasteiger partial charge on any atom is 0.320 e. The molecule has 0 aromatic carbocycles. The van der Waals surface area contributed by atoms with Crippen LogP contribution in [0.2, 0.25) is 0 Å². The van der Waals surface area contributed by atoms with E-state index < -0.39 is 12.0 Å². The van der Waals surface area contributed by atoms with Gasteiger partial charge in [-0.15, -0.1) is 0 Å². The molecule has 0 aliphatic rings. The van der Waals surface area contributed by atoms with Crippen LogP contribution in [0, 0.1) is 0 Å². The number of carboxylic acids is 1. The van der Waals surface area contributed by atoms with Gasteiger partial charge in [0.1, 0.15) is 6.04 Å². The predicted octanol–water partition coefficient (Wildman–Crippen LogP) is 0.188. The molecular weight excluding hydrogens is 174 g/mol. The number of nitrogens with two attached hydrogens (primary N) is 1. The highest BCUT2D eigenvalue weighted by Gasteiger charge is 2.12. The zero-order valence-corrected chi connectivity index (χ0v) is 8.03. The van der Waals surface area contributed by atoms with E-state index in [-0.39, 0.29) is 6.29 Å².